The van der Waals surface area contributed by atoms with E-state index >= 15 is 0 Å². The summed E-state index contributed by atoms with van der Waals surface area (Å²) in [6.07, 6.45) is 3.69. The topological polar surface area (TPSA) is 38.9 Å². The zero-order valence-electron chi connectivity index (χ0n) is 10.3. The molecule has 0 saturated carbocycles. The molecule has 1 atom stereocenters. The fourth-order valence-corrected chi connectivity index (χ4v) is 2.63. The number of pyridine rings is 1. The van der Waals surface area contributed by atoms with E-state index in [1.54, 1.807) is 0 Å². The van der Waals surface area contributed by atoms with Gasteiger partial charge in [-0.25, -0.2) is 0 Å². The molecule has 3 rings (SSSR count). The first kappa shape index (κ1) is 12.6. The second-order valence-corrected chi connectivity index (χ2v) is 5.72. The van der Waals surface area contributed by atoms with Crippen LogP contribution in [-0.4, -0.2) is 4.98 Å². The summed E-state index contributed by atoms with van der Waals surface area (Å²) < 4.78 is 1.22. The first-order chi connectivity index (χ1) is 9.25. The van der Waals surface area contributed by atoms with E-state index in [0.29, 0.717) is 0 Å². The molecule has 0 aliphatic carbocycles. The minimum Gasteiger partial charge on any atom is -0.320 e. The maximum absolute atomic E-state index is 6.41. The van der Waals surface area contributed by atoms with E-state index in [-0.39, 0.29) is 6.04 Å². The maximum Gasteiger partial charge on any atom is 0.0557 e. The van der Waals surface area contributed by atoms with Gasteiger partial charge in [-0.15, -0.1) is 0 Å². The van der Waals surface area contributed by atoms with Crippen LogP contribution in [0.4, 0.5) is 0 Å². The van der Waals surface area contributed by atoms with Gasteiger partial charge in [0, 0.05) is 21.4 Å². The molecule has 3 aromatic rings. The van der Waals surface area contributed by atoms with Crippen molar-refractivity contribution in [3.8, 4) is 0 Å². The highest BCUT2D eigenvalue weighted by Gasteiger charge is 2.11. The Morgan fingerprint density at radius 2 is 1.79 bits per heavy atom. The van der Waals surface area contributed by atoms with Crippen LogP contribution >= 0.6 is 22.6 Å². The summed E-state index contributed by atoms with van der Waals surface area (Å²) in [7, 11) is 0. The Labute approximate surface area is 125 Å². The number of nitrogens with two attached hydrogens (primary N) is 1. The van der Waals surface area contributed by atoms with Gasteiger partial charge in [0.05, 0.1) is 6.04 Å². The molecule has 1 unspecified atom stereocenters. The lowest BCUT2D eigenvalue weighted by Gasteiger charge is -2.15. The van der Waals surface area contributed by atoms with Gasteiger partial charge in [0.15, 0.2) is 0 Å². The van der Waals surface area contributed by atoms with Crippen molar-refractivity contribution in [2.45, 2.75) is 6.04 Å². The van der Waals surface area contributed by atoms with Crippen LogP contribution in [0.25, 0.3) is 10.8 Å². The molecule has 94 valence electrons. The van der Waals surface area contributed by atoms with Crippen molar-refractivity contribution in [2.24, 2.45) is 5.73 Å². The summed E-state index contributed by atoms with van der Waals surface area (Å²) in [6.45, 7) is 0. The summed E-state index contributed by atoms with van der Waals surface area (Å²) in [5, 5.41) is 2.30. The molecule has 3 heteroatoms. The monoisotopic (exact) mass is 360 g/mol. The van der Waals surface area contributed by atoms with E-state index in [1.807, 2.05) is 24.5 Å². The van der Waals surface area contributed by atoms with E-state index in [9.17, 15) is 0 Å². The van der Waals surface area contributed by atoms with Crippen LogP contribution in [0.15, 0.2) is 60.9 Å². The van der Waals surface area contributed by atoms with Gasteiger partial charge in [-0.1, -0.05) is 30.3 Å². The molecule has 0 radical (unpaired) electrons. The van der Waals surface area contributed by atoms with Crippen LogP contribution in [-0.2, 0) is 0 Å². The number of aromatic nitrogens is 1. The van der Waals surface area contributed by atoms with Crippen LogP contribution in [0.5, 0.6) is 0 Å². The number of halogens is 1. The lowest BCUT2D eigenvalue weighted by Crippen LogP contribution is -2.12. The quantitative estimate of drug-likeness (QED) is 0.705. The third-order valence-corrected chi connectivity index (χ3v) is 4.00. The Hall–Kier alpha value is -1.46. The number of rotatable bonds is 2. The number of benzene rings is 2. The van der Waals surface area contributed by atoms with Crippen molar-refractivity contribution in [2.75, 3.05) is 0 Å². The van der Waals surface area contributed by atoms with Gasteiger partial charge in [0.25, 0.3) is 0 Å². The molecule has 0 fully saturated rings. The highest BCUT2D eigenvalue weighted by atomic mass is 127. The zero-order valence-corrected chi connectivity index (χ0v) is 12.4. The fourth-order valence-electron chi connectivity index (χ4n) is 2.27. The predicted molar refractivity (Wildman–Crippen MR) is 86.9 cm³/mol. The number of fused-ring (bicyclic) bond motifs is 1. The van der Waals surface area contributed by atoms with E-state index in [4.69, 9.17) is 5.73 Å². The van der Waals surface area contributed by atoms with Crippen molar-refractivity contribution >= 4 is 33.4 Å². The first-order valence-electron chi connectivity index (χ1n) is 6.09. The third kappa shape index (κ3) is 2.48. The minimum absolute atomic E-state index is 0.108. The van der Waals surface area contributed by atoms with Crippen molar-refractivity contribution < 1.29 is 0 Å². The molecular formula is C16H13IN2. The predicted octanol–water partition coefficient (Wildman–Crippen LogP) is 3.89. The second-order valence-electron chi connectivity index (χ2n) is 4.47. The molecule has 1 heterocycles. The average Bonchev–Trinajstić information content (AvgIpc) is 2.47. The molecule has 0 amide bonds. The average molecular weight is 360 g/mol. The molecule has 0 saturated heterocycles. The van der Waals surface area contributed by atoms with Crippen molar-refractivity contribution in [3.05, 3.63) is 75.6 Å². The Bertz CT molecular complexity index is 702. The van der Waals surface area contributed by atoms with Crippen molar-refractivity contribution in [3.63, 3.8) is 0 Å². The largest absolute Gasteiger partial charge is 0.320 e. The van der Waals surface area contributed by atoms with E-state index in [1.165, 1.54) is 8.96 Å². The third-order valence-electron chi connectivity index (χ3n) is 3.28. The maximum atomic E-state index is 6.41. The lowest BCUT2D eigenvalue weighted by atomic mass is 9.95. The zero-order chi connectivity index (χ0) is 13.2. The van der Waals surface area contributed by atoms with Crippen LogP contribution < -0.4 is 5.73 Å². The van der Waals surface area contributed by atoms with Gasteiger partial charge >= 0.3 is 0 Å². The van der Waals surface area contributed by atoms with Crippen molar-refractivity contribution in [1.29, 1.82) is 0 Å². The SMILES string of the molecule is NC(c1ccc(I)cc1)c1cccc2cnccc12. The van der Waals surface area contributed by atoms with E-state index in [0.717, 1.165) is 16.5 Å². The fraction of sp³-hybridized carbons (Fsp3) is 0.0625. The van der Waals surface area contributed by atoms with Crippen LogP contribution in [0.1, 0.15) is 17.2 Å². The Morgan fingerprint density at radius 1 is 1.00 bits per heavy atom. The smallest absolute Gasteiger partial charge is 0.0557 e. The molecule has 1 aromatic heterocycles. The summed E-state index contributed by atoms with van der Waals surface area (Å²) >= 11 is 2.30. The van der Waals surface area contributed by atoms with Crippen LogP contribution in [0.2, 0.25) is 0 Å². The first-order valence-corrected chi connectivity index (χ1v) is 7.17. The molecular weight excluding hydrogens is 347 g/mol. The van der Waals surface area contributed by atoms with Gasteiger partial charge in [-0.05, 0) is 57.3 Å². The highest BCUT2D eigenvalue weighted by Crippen LogP contribution is 2.27. The van der Waals surface area contributed by atoms with Crippen LogP contribution in [0.3, 0.4) is 0 Å². The van der Waals surface area contributed by atoms with Crippen LogP contribution in [0, 0.1) is 3.57 Å². The Kier molecular flexibility index (Phi) is 3.48. The molecule has 19 heavy (non-hydrogen) atoms. The number of hydrogen-bond donors (Lipinski definition) is 1. The molecule has 2 nitrogen and oxygen atoms in total. The summed E-state index contributed by atoms with van der Waals surface area (Å²) in [5.41, 5.74) is 8.68. The van der Waals surface area contributed by atoms with Gasteiger partial charge in [-0.2, -0.15) is 0 Å². The Balaban J connectivity index is 2.11. The molecule has 0 bridgehead atoms. The van der Waals surface area contributed by atoms with E-state index in [2.05, 4.69) is 64.0 Å². The summed E-state index contributed by atoms with van der Waals surface area (Å²) in [6, 6.07) is 16.5. The van der Waals surface area contributed by atoms with Gasteiger partial charge in [0.2, 0.25) is 0 Å². The number of nitrogens with zero attached hydrogens (tertiary/aromatic N) is 1. The molecule has 2 N–H and O–H groups in total. The highest BCUT2D eigenvalue weighted by molar-refractivity contribution is 14.1. The second kappa shape index (κ2) is 5.27. The molecule has 0 spiro atoms. The lowest BCUT2D eigenvalue weighted by molar-refractivity contribution is 0.880. The minimum atomic E-state index is -0.108. The molecule has 0 aliphatic rings. The normalized spacial score (nSPS) is 12.5. The molecule has 2 aromatic carbocycles. The van der Waals surface area contributed by atoms with Gasteiger partial charge in [0.1, 0.15) is 0 Å². The summed E-state index contributed by atoms with van der Waals surface area (Å²) in [4.78, 5) is 4.16. The standard InChI is InChI=1S/C16H13IN2/c17-13-6-4-11(5-7-13)16(18)15-3-1-2-12-10-19-9-8-14(12)15/h1-10,16H,18H2. The summed E-state index contributed by atoms with van der Waals surface area (Å²) in [5.74, 6) is 0. The number of hydrogen-bond acceptors (Lipinski definition) is 2. The van der Waals surface area contributed by atoms with E-state index < -0.39 is 0 Å². The molecule has 0 aliphatic heterocycles. The van der Waals surface area contributed by atoms with Gasteiger partial charge < -0.3 is 5.73 Å². The van der Waals surface area contributed by atoms with Gasteiger partial charge in [-0.3, -0.25) is 4.98 Å². The Morgan fingerprint density at radius 3 is 2.58 bits per heavy atom. The van der Waals surface area contributed by atoms with Crippen molar-refractivity contribution in [1.82, 2.24) is 4.98 Å².